The number of benzene rings is 2. The van der Waals surface area contributed by atoms with Gasteiger partial charge in [0.2, 0.25) is 0 Å². The number of hydroxylamine groups is 1. The van der Waals surface area contributed by atoms with Crippen LogP contribution in [0.2, 0.25) is 0 Å². The number of hydrogen-bond donors (Lipinski definition) is 3. The van der Waals surface area contributed by atoms with Crippen molar-refractivity contribution in [1.82, 2.24) is 10.8 Å². The summed E-state index contributed by atoms with van der Waals surface area (Å²) < 4.78 is 33.3. The standard InChI is InChI=1S/C20H22BrN3O5S/c1-14-12-15(21)13-18(20(25)23-26)19(14)24(3)30(27,28)17-8-6-16(7-9-17)29-11-5-4-10-22-2/h6-9,12-13,22,26H,10-11H2,1-3H3,(H,23,25). The SMILES string of the molecule is CNCC#CCOc1ccc(S(=O)(=O)N(C)c2c(C)cc(Br)cc2C(=O)NO)cc1. The van der Waals surface area contributed by atoms with E-state index in [1.54, 1.807) is 25.5 Å². The number of hydrogen-bond acceptors (Lipinski definition) is 6. The summed E-state index contributed by atoms with van der Waals surface area (Å²) in [5.74, 6) is 5.35. The smallest absolute Gasteiger partial charge is 0.276 e. The zero-order valence-corrected chi connectivity index (χ0v) is 19.1. The molecule has 0 unspecified atom stereocenters. The summed E-state index contributed by atoms with van der Waals surface area (Å²) in [6.45, 7) is 2.41. The van der Waals surface area contributed by atoms with Crippen LogP contribution in [0.4, 0.5) is 5.69 Å². The molecule has 10 heteroatoms. The quantitative estimate of drug-likeness (QED) is 0.309. The Balaban J connectivity index is 2.32. The first-order valence-corrected chi connectivity index (χ1v) is 11.0. The normalized spacial score (nSPS) is 10.7. The maximum absolute atomic E-state index is 13.1. The van der Waals surface area contributed by atoms with Crippen LogP contribution in [0.15, 0.2) is 45.8 Å². The molecule has 0 fully saturated rings. The van der Waals surface area contributed by atoms with Crippen LogP contribution in [0.1, 0.15) is 15.9 Å². The molecule has 30 heavy (non-hydrogen) atoms. The van der Waals surface area contributed by atoms with Crippen LogP contribution in [-0.4, -0.2) is 46.8 Å². The summed E-state index contributed by atoms with van der Waals surface area (Å²) in [5.41, 5.74) is 2.25. The van der Waals surface area contributed by atoms with Gasteiger partial charge in [0, 0.05) is 11.5 Å². The number of carbonyl (C=O) groups is 1. The highest BCUT2D eigenvalue weighted by atomic mass is 79.9. The first-order valence-electron chi connectivity index (χ1n) is 8.79. The molecule has 0 heterocycles. The lowest BCUT2D eigenvalue weighted by Gasteiger charge is -2.24. The third kappa shape index (κ3) is 5.52. The number of rotatable bonds is 7. The molecular formula is C20H22BrN3O5S. The first kappa shape index (κ1) is 23.7. The number of nitrogens with one attached hydrogen (secondary N) is 2. The van der Waals surface area contributed by atoms with Crippen molar-refractivity contribution in [1.29, 1.82) is 0 Å². The average Bonchev–Trinajstić information content (AvgIpc) is 2.72. The minimum Gasteiger partial charge on any atom is -0.481 e. The number of carbonyl (C=O) groups excluding carboxylic acids is 1. The van der Waals surface area contributed by atoms with Gasteiger partial charge in [-0.15, -0.1) is 0 Å². The molecule has 0 radical (unpaired) electrons. The molecule has 3 N–H and O–H groups in total. The van der Waals surface area contributed by atoms with Gasteiger partial charge in [0.05, 0.1) is 22.7 Å². The van der Waals surface area contributed by atoms with Crippen molar-refractivity contribution >= 4 is 37.5 Å². The van der Waals surface area contributed by atoms with E-state index in [9.17, 15) is 13.2 Å². The van der Waals surface area contributed by atoms with Crippen LogP contribution >= 0.6 is 15.9 Å². The Morgan fingerprint density at radius 3 is 2.50 bits per heavy atom. The molecule has 0 atom stereocenters. The van der Waals surface area contributed by atoms with Crippen molar-refractivity contribution < 1.29 is 23.2 Å². The number of amides is 1. The molecular weight excluding hydrogens is 474 g/mol. The van der Waals surface area contributed by atoms with Crippen LogP contribution in [0, 0.1) is 18.8 Å². The van der Waals surface area contributed by atoms with Gasteiger partial charge in [-0.25, -0.2) is 13.9 Å². The van der Waals surface area contributed by atoms with E-state index in [1.807, 2.05) is 0 Å². The summed E-state index contributed by atoms with van der Waals surface area (Å²) in [4.78, 5) is 12.1. The van der Waals surface area contributed by atoms with Crippen molar-refractivity contribution in [3.8, 4) is 17.6 Å². The Hall–Kier alpha value is -2.58. The number of nitrogens with zero attached hydrogens (tertiary/aromatic N) is 1. The highest BCUT2D eigenvalue weighted by molar-refractivity contribution is 9.10. The molecule has 2 aromatic carbocycles. The van der Waals surface area contributed by atoms with Gasteiger partial charge in [-0.3, -0.25) is 14.3 Å². The summed E-state index contributed by atoms with van der Waals surface area (Å²) >= 11 is 3.27. The summed E-state index contributed by atoms with van der Waals surface area (Å²) in [7, 11) is -0.835. The van der Waals surface area contributed by atoms with Gasteiger partial charge < -0.3 is 10.1 Å². The van der Waals surface area contributed by atoms with Crippen LogP contribution in [0.25, 0.3) is 0 Å². The highest BCUT2D eigenvalue weighted by Gasteiger charge is 2.27. The molecule has 160 valence electrons. The number of anilines is 1. The van der Waals surface area contributed by atoms with Gasteiger partial charge >= 0.3 is 0 Å². The number of aryl methyl sites for hydroxylation is 1. The molecule has 0 bridgehead atoms. The molecule has 0 aliphatic carbocycles. The molecule has 2 rings (SSSR count). The highest BCUT2D eigenvalue weighted by Crippen LogP contribution is 2.32. The average molecular weight is 496 g/mol. The Morgan fingerprint density at radius 1 is 1.23 bits per heavy atom. The maximum Gasteiger partial charge on any atom is 0.276 e. The third-order valence-corrected chi connectivity index (χ3v) is 6.34. The first-order chi connectivity index (χ1) is 14.2. The van der Waals surface area contributed by atoms with E-state index in [2.05, 4.69) is 33.1 Å². The molecule has 0 aromatic heterocycles. The minimum absolute atomic E-state index is 0.00977. The maximum atomic E-state index is 13.1. The zero-order chi connectivity index (χ0) is 22.3. The van der Waals surface area contributed by atoms with E-state index in [4.69, 9.17) is 9.94 Å². The Morgan fingerprint density at radius 2 is 1.90 bits per heavy atom. The molecule has 0 aliphatic heterocycles. The van der Waals surface area contributed by atoms with Crippen molar-refractivity contribution in [3.63, 3.8) is 0 Å². The van der Waals surface area contributed by atoms with Crippen LogP contribution in [-0.2, 0) is 10.0 Å². The lowest BCUT2D eigenvalue weighted by atomic mass is 10.1. The fourth-order valence-corrected chi connectivity index (χ4v) is 4.55. The van der Waals surface area contributed by atoms with Crippen molar-refractivity contribution in [2.75, 3.05) is 31.6 Å². The fraction of sp³-hybridized carbons (Fsp3) is 0.250. The number of sulfonamides is 1. The lowest BCUT2D eigenvalue weighted by molar-refractivity contribution is 0.0707. The number of ether oxygens (including phenoxy) is 1. The molecule has 2 aromatic rings. The van der Waals surface area contributed by atoms with Crippen molar-refractivity contribution in [2.24, 2.45) is 0 Å². The predicted molar refractivity (Wildman–Crippen MR) is 117 cm³/mol. The molecule has 0 spiro atoms. The van der Waals surface area contributed by atoms with E-state index in [0.717, 1.165) is 4.31 Å². The second-order valence-corrected chi connectivity index (χ2v) is 9.06. The largest absolute Gasteiger partial charge is 0.481 e. The van der Waals surface area contributed by atoms with Gasteiger partial charge in [0.25, 0.3) is 15.9 Å². The molecule has 0 saturated heterocycles. The second-order valence-electron chi connectivity index (χ2n) is 6.18. The van der Waals surface area contributed by atoms with Gasteiger partial charge in [0.15, 0.2) is 0 Å². The summed E-state index contributed by atoms with van der Waals surface area (Å²) in [6.07, 6.45) is 0. The van der Waals surface area contributed by atoms with Gasteiger partial charge in [-0.05, 0) is 55.9 Å². The van der Waals surface area contributed by atoms with Crippen LogP contribution in [0.5, 0.6) is 5.75 Å². The Labute approximate surface area is 184 Å². The van der Waals surface area contributed by atoms with Crippen molar-refractivity contribution in [3.05, 3.63) is 52.0 Å². The van der Waals surface area contributed by atoms with Crippen LogP contribution in [0.3, 0.4) is 0 Å². The predicted octanol–water partition coefficient (Wildman–Crippen LogP) is 2.30. The van der Waals surface area contributed by atoms with E-state index < -0.39 is 15.9 Å². The van der Waals surface area contributed by atoms with Gasteiger partial charge in [-0.1, -0.05) is 27.8 Å². The Bertz CT molecular complexity index is 1080. The monoisotopic (exact) mass is 495 g/mol. The Kier molecular flexibility index (Phi) is 8.25. The summed E-state index contributed by atoms with van der Waals surface area (Å²) in [5, 5.41) is 11.9. The third-order valence-electron chi connectivity index (χ3n) is 4.11. The van der Waals surface area contributed by atoms with Crippen molar-refractivity contribution in [2.45, 2.75) is 11.8 Å². The van der Waals surface area contributed by atoms with E-state index in [0.29, 0.717) is 22.3 Å². The molecule has 0 saturated carbocycles. The van der Waals surface area contributed by atoms with E-state index >= 15 is 0 Å². The fourth-order valence-electron chi connectivity index (χ4n) is 2.69. The van der Waals surface area contributed by atoms with Gasteiger partial charge in [0.1, 0.15) is 12.4 Å². The molecule has 1 amide bonds. The van der Waals surface area contributed by atoms with Gasteiger partial charge in [-0.2, -0.15) is 0 Å². The number of halogens is 1. The second kappa shape index (κ2) is 10.4. The topological polar surface area (TPSA) is 108 Å². The lowest BCUT2D eigenvalue weighted by Crippen LogP contribution is -2.30. The zero-order valence-electron chi connectivity index (χ0n) is 16.7. The van der Waals surface area contributed by atoms with Crippen LogP contribution < -0.4 is 19.8 Å². The molecule has 8 nitrogen and oxygen atoms in total. The van der Waals surface area contributed by atoms with E-state index in [-0.39, 0.29) is 22.8 Å². The molecule has 0 aliphatic rings. The summed E-state index contributed by atoms with van der Waals surface area (Å²) in [6, 6.07) is 9.03. The minimum atomic E-state index is -3.98. The van der Waals surface area contributed by atoms with E-state index in [1.165, 1.54) is 37.4 Å².